The van der Waals surface area contributed by atoms with E-state index in [2.05, 4.69) is 18.9 Å². The fourth-order valence-corrected chi connectivity index (χ4v) is 1.92. The summed E-state index contributed by atoms with van der Waals surface area (Å²) in [5, 5.41) is 0. The molecule has 0 bridgehead atoms. The van der Waals surface area contributed by atoms with Crippen molar-refractivity contribution in [3.8, 4) is 0 Å². The lowest BCUT2D eigenvalue weighted by atomic mass is 10.2. The third-order valence-electron chi connectivity index (χ3n) is 2.75. The van der Waals surface area contributed by atoms with Gasteiger partial charge in [-0.05, 0) is 32.7 Å². The minimum atomic E-state index is 0.874. The number of fused-ring (bicyclic) bond motifs is 1. The van der Waals surface area contributed by atoms with E-state index in [4.69, 9.17) is 0 Å². The predicted molar refractivity (Wildman–Crippen MR) is 33.7 cm³/mol. The number of hydrogen-bond donors (Lipinski definition) is 0. The summed E-state index contributed by atoms with van der Waals surface area (Å²) in [6.07, 6.45) is 2.95. The van der Waals surface area contributed by atoms with E-state index in [9.17, 15) is 0 Å². The average Bonchev–Trinajstić information content (AvgIpc) is 2.39. The SMILES string of the molecule is CC1C[C@@H]2CC2N1C. The standard InChI is InChI=1S/C7H13N/c1-5-3-6-4-7(6)8(5)2/h5-7H,3-4H2,1-2H3/t5?,6-,7?/m1/s1. The summed E-state index contributed by atoms with van der Waals surface area (Å²) >= 11 is 0. The zero-order valence-corrected chi connectivity index (χ0v) is 5.59. The molecule has 0 amide bonds. The van der Waals surface area contributed by atoms with Gasteiger partial charge in [0.15, 0.2) is 0 Å². The summed E-state index contributed by atoms with van der Waals surface area (Å²) in [5.74, 6) is 1.09. The van der Waals surface area contributed by atoms with Crippen molar-refractivity contribution in [1.82, 2.24) is 4.90 Å². The first-order chi connectivity index (χ1) is 3.79. The van der Waals surface area contributed by atoms with Gasteiger partial charge in [0.2, 0.25) is 0 Å². The second-order valence-electron chi connectivity index (χ2n) is 3.31. The van der Waals surface area contributed by atoms with E-state index in [0.717, 1.165) is 18.0 Å². The number of piperidine rings is 1. The van der Waals surface area contributed by atoms with Gasteiger partial charge in [-0.15, -0.1) is 0 Å². The number of rotatable bonds is 0. The summed E-state index contributed by atoms with van der Waals surface area (Å²) in [7, 11) is 2.25. The van der Waals surface area contributed by atoms with Gasteiger partial charge in [-0.2, -0.15) is 0 Å². The number of likely N-dealkylation sites (tertiary alicyclic amines) is 1. The molecule has 0 aromatic rings. The van der Waals surface area contributed by atoms with Gasteiger partial charge in [0.05, 0.1) is 0 Å². The molecule has 8 heavy (non-hydrogen) atoms. The Kier molecular flexibility index (Phi) is 0.762. The Morgan fingerprint density at radius 2 is 2.12 bits per heavy atom. The summed E-state index contributed by atoms with van der Waals surface area (Å²) in [6.45, 7) is 2.33. The van der Waals surface area contributed by atoms with Gasteiger partial charge >= 0.3 is 0 Å². The fourth-order valence-electron chi connectivity index (χ4n) is 1.92. The van der Waals surface area contributed by atoms with Crippen LogP contribution in [-0.2, 0) is 0 Å². The molecular weight excluding hydrogens is 98.1 g/mol. The van der Waals surface area contributed by atoms with E-state index in [1.54, 1.807) is 0 Å². The average molecular weight is 111 g/mol. The lowest BCUT2D eigenvalue weighted by Gasteiger charge is -2.17. The van der Waals surface area contributed by atoms with Gasteiger partial charge in [0.1, 0.15) is 0 Å². The summed E-state index contributed by atoms with van der Waals surface area (Å²) < 4.78 is 0. The molecule has 0 spiro atoms. The Balaban J connectivity index is 2.08. The fraction of sp³-hybridized carbons (Fsp3) is 1.00. The van der Waals surface area contributed by atoms with Gasteiger partial charge in [-0.1, -0.05) is 0 Å². The molecule has 1 saturated heterocycles. The lowest BCUT2D eigenvalue weighted by molar-refractivity contribution is 0.286. The van der Waals surface area contributed by atoms with Crippen molar-refractivity contribution in [2.24, 2.45) is 5.92 Å². The van der Waals surface area contributed by atoms with E-state index in [1.165, 1.54) is 12.8 Å². The Bertz CT molecular complexity index is 109. The highest BCUT2D eigenvalue weighted by Gasteiger charge is 2.48. The molecule has 1 heterocycles. The largest absolute Gasteiger partial charge is 0.300 e. The Hall–Kier alpha value is -0.0400. The Labute approximate surface area is 50.7 Å². The van der Waals surface area contributed by atoms with Crippen LogP contribution in [0, 0.1) is 5.92 Å². The highest BCUT2D eigenvalue weighted by Crippen LogP contribution is 2.46. The van der Waals surface area contributed by atoms with Crippen molar-refractivity contribution in [2.75, 3.05) is 7.05 Å². The van der Waals surface area contributed by atoms with E-state index >= 15 is 0 Å². The van der Waals surface area contributed by atoms with Crippen LogP contribution in [0.4, 0.5) is 0 Å². The van der Waals surface area contributed by atoms with E-state index < -0.39 is 0 Å². The van der Waals surface area contributed by atoms with Crippen molar-refractivity contribution in [3.63, 3.8) is 0 Å². The monoisotopic (exact) mass is 111 g/mol. The van der Waals surface area contributed by atoms with Crippen molar-refractivity contribution >= 4 is 0 Å². The van der Waals surface area contributed by atoms with Crippen LogP contribution in [0.1, 0.15) is 19.8 Å². The van der Waals surface area contributed by atoms with Crippen molar-refractivity contribution in [3.05, 3.63) is 0 Å². The second-order valence-corrected chi connectivity index (χ2v) is 3.31. The minimum Gasteiger partial charge on any atom is -0.300 e. The second kappa shape index (κ2) is 1.27. The molecule has 0 radical (unpaired) electrons. The van der Waals surface area contributed by atoms with Crippen LogP contribution in [0.25, 0.3) is 0 Å². The van der Waals surface area contributed by atoms with Crippen LogP contribution in [0.15, 0.2) is 0 Å². The zero-order chi connectivity index (χ0) is 5.72. The van der Waals surface area contributed by atoms with Crippen LogP contribution in [0.3, 0.4) is 0 Å². The third-order valence-corrected chi connectivity index (χ3v) is 2.75. The van der Waals surface area contributed by atoms with Crippen molar-refractivity contribution < 1.29 is 0 Å². The normalized spacial score (nSPS) is 54.0. The zero-order valence-electron chi connectivity index (χ0n) is 5.59. The molecular formula is C7H13N. The van der Waals surface area contributed by atoms with Gasteiger partial charge in [-0.25, -0.2) is 0 Å². The van der Waals surface area contributed by atoms with E-state index in [0.29, 0.717) is 0 Å². The first-order valence-corrected chi connectivity index (χ1v) is 3.51. The predicted octanol–water partition coefficient (Wildman–Crippen LogP) is 1.10. The third kappa shape index (κ3) is 0.455. The molecule has 46 valence electrons. The van der Waals surface area contributed by atoms with Gasteiger partial charge in [0.25, 0.3) is 0 Å². The maximum Gasteiger partial charge on any atom is 0.0128 e. The molecule has 1 nitrogen and oxygen atoms in total. The maximum atomic E-state index is 2.52. The molecule has 2 aliphatic rings. The van der Waals surface area contributed by atoms with Crippen molar-refractivity contribution in [2.45, 2.75) is 31.8 Å². The molecule has 1 heteroatoms. The van der Waals surface area contributed by atoms with E-state index in [1.807, 2.05) is 0 Å². The van der Waals surface area contributed by atoms with Gasteiger partial charge in [0, 0.05) is 12.1 Å². The molecule has 0 aromatic heterocycles. The van der Waals surface area contributed by atoms with Crippen LogP contribution < -0.4 is 0 Å². The van der Waals surface area contributed by atoms with E-state index in [-0.39, 0.29) is 0 Å². The maximum absolute atomic E-state index is 2.52. The first-order valence-electron chi connectivity index (χ1n) is 3.51. The van der Waals surface area contributed by atoms with Crippen LogP contribution in [0.5, 0.6) is 0 Å². The quantitative estimate of drug-likeness (QED) is 0.452. The minimum absolute atomic E-state index is 0.874. The van der Waals surface area contributed by atoms with Crippen LogP contribution >= 0.6 is 0 Å². The number of nitrogens with zero attached hydrogens (tertiary/aromatic N) is 1. The summed E-state index contributed by atoms with van der Waals surface area (Å²) in [4.78, 5) is 2.52. The lowest BCUT2D eigenvalue weighted by Crippen LogP contribution is -2.25. The highest BCUT2D eigenvalue weighted by molar-refractivity contribution is 5.02. The highest BCUT2D eigenvalue weighted by atomic mass is 15.2. The molecule has 2 rings (SSSR count). The van der Waals surface area contributed by atoms with Crippen molar-refractivity contribution in [1.29, 1.82) is 0 Å². The number of hydrogen-bond acceptors (Lipinski definition) is 1. The molecule has 1 aliphatic heterocycles. The molecule has 1 aliphatic carbocycles. The van der Waals surface area contributed by atoms with Crippen LogP contribution in [-0.4, -0.2) is 24.0 Å². The molecule has 2 fully saturated rings. The first kappa shape index (κ1) is 4.80. The molecule has 3 atom stereocenters. The Morgan fingerprint density at radius 3 is 2.38 bits per heavy atom. The molecule has 0 N–H and O–H groups in total. The van der Waals surface area contributed by atoms with Gasteiger partial charge < -0.3 is 4.90 Å². The smallest absolute Gasteiger partial charge is 0.0128 e. The van der Waals surface area contributed by atoms with Gasteiger partial charge in [-0.3, -0.25) is 0 Å². The molecule has 0 aromatic carbocycles. The molecule has 1 saturated carbocycles. The summed E-state index contributed by atoms with van der Waals surface area (Å²) in [5.41, 5.74) is 0. The Morgan fingerprint density at radius 1 is 1.38 bits per heavy atom. The van der Waals surface area contributed by atoms with Crippen LogP contribution in [0.2, 0.25) is 0 Å². The summed E-state index contributed by atoms with van der Waals surface area (Å²) in [6, 6.07) is 1.86. The molecule has 2 unspecified atom stereocenters. The topological polar surface area (TPSA) is 3.24 Å².